The molecular formula is C21H23N3O2. The molecule has 1 aliphatic rings. The van der Waals surface area contributed by atoms with Gasteiger partial charge in [0.05, 0.1) is 11.6 Å². The first-order valence-corrected chi connectivity index (χ1v) is 8.80. The summed E-state index contributed by atoms with van der Waals surface area (Å²) in [6.07, 6.45) is 1.65. The summed E-state index contributed by atoms with van der Waals surface area (Å²) < 4.78 is 5.99. The molecule has 0 atom stereocenters. The molecule has 0 radical (unpaired) electrons. The van der Waals surface area contributed by atoms with Gasteiger partial charge in [-0.2, -0.15) is 5.26 Å². The summed E-state index contributed by atoms with van der Waals surface area (Å²) in [6.45, 7) is 1.35. The number of benzene rings is 2. The molecule has 1 saturated heterocycles. The molecule has 5 heteroatoms. The second-order valence-electron chi connectivity index (χ2n) is 6.69. The van der Waals surface area contributed by atoms with Crippen LogP contribution in [0.2, 0.25) is 0 Å². The van der Waals surface area contributed by atoms with Crippen LogP contribution in [0.3, 0.4) is 0 Å². The van der Waals surface area contributed by atoms with Gasteiger partial charge in [-0.3, -0.25) is 4.79 Å². The number of anilines is 1. The van der Waals surface area contributed by atoms with Crippen molar-refractivity contribution in [1.29, 1.82) is 5.26 Å². The van der Waals surface area contributed by atoms with E-state index in [-0.39, 0.29) is 12.0 Å². The highest BCUT2D eigenvalue weighted by Gasteiger charge is 2.25. The molecule has 0 bridgehead atoms. The zero-order valence-corrected chi connectivity index (χ0v) is 15.2. The number of hydrogen-bond acceptors (Lipinski definition) is 4. The molecule has 2 aromatic carbocycles. The zero-order chi connectivity index (χ0) is 18.5. The molecule has 0 unspecified atom stereocenters. The maximum Gasteiger partial charge on any atom is 0.253 e. The molecule has 2 aromatic rings. The topological polar surface area (TPSA) is 56.6 Å². The fraction of sp³-hybridized carbons (Fsp3) is 0.333. The Labute approximate surface area is 154 Å². The number of rotatable bonds is 4. The van der Waals surface area contributed by atoms with Gasteiger partial charge in [-0.05, 0) is 36.4 Å². The number of nitriles is 1. The van der Waals surface area contributed by atoms with Gasteiger partial charge in [-0.15, -0.1) is 0 Å². The van der Waals surface area contributed by atoms with Crippen LogP contribution >= 0.6 is 0 Å². The summed E-state index contributed by atoms with van der Waals surface area (Å²) in [5.74, 6) is 0.783. The summed E-state index contributed by atoms with van der Waals surface area (Å²) in [5, 5.41) is 8.97. The monoisotopic (exact) mass is 349 g/mol. The van der Waals surface area contributed by atoms with Gasteiger partial charge in [0.25, 0.3) is 5.91 Å². The normalized spacial score (nSPS) is 14.6. The Bertz CT molecular complexity index is 818. The predicted octanol–water partition coefficient (Wildman–Crippen LogP) is 3.31. The van der Waals surface area contributed by atoms with Gasteiger partial charge in [0.2, 0.25) is 0 Å². The highest BCUT2D eigenvalue weighted by molar-refractivity contribution is 5.95. The van der Waals surface area contributed by atoms with Crippen LogP contribution in [0.4, 0.5) is 5.69 Å². The minimum absolute atomic E-state index is 0.0682. The van der Waals surface area contributed by atoms with Crippen LogP contribution in [0, 0.1) is 11.3 Å². The summed E-state index contributed by atoms with van der Waals surface area (Å²) in [4.78, 5) is 16.6. The van der Waals surface area contributed by atoms with Crippen molar-refractivity contribution in [2.24, 2.45) is 0 Å². The predicted molar refractivity (Wildman–Crippen MR) is 101 cm³/mol. The maximum absolute atomic E-state index is 12.8. The fourth-order valence-electron chi connectivity index (χ4n) is 3.11. The van der Waals surface area contributed by atoms with Crippen molar-refractivity contribution in [3.8, 4) is 11.8 Å². The number of nitrogens with zero attached hydrogens (tertiary/aromatic N) is 3. The molecule has 0 aromatic heterocycles. The zero-order valence-electron chi connectivity index (χ0n) is 15.2. The first-order chi connectivity index (χ1) is 12.6. The number of likely N-dealkylation sites (tertiary alicyclic amines) is 1. The fourth-order valence-corrected chi connectivity index (χ4v) is 3.11. The maximum atomic E-state index is 12.8. The molecule has 1 heterocycles. The molecule has 1 fully saturated rings. The van der Waals surface area contributed by atoms with E-state index in [1.54, 1.807) is 12.1 Å². The number of ether oxygens (including phenoxy) is 1. The lowest BCUT2D eigenvalue weighted by Gasteiger charge is -2.32. The molecule has 3 rings (SSSR count). The first kappa shape index (κ1) is 17.8. The van der Waals surface area contributed by atoms with E-state index in [1.165, 1.54) is 0 Å². The Kier molecular flexibility index (Phi) is 5.43. The van der Waals surface area contributed by atoms with Gasteiger partial charge in [0.1, 0.15) is 11.9 Å². The molecule has 0 aliphatic carbocycles. The second kappa shape index (κ2) is 7.92. The minimum atomic E-state index is 0.0682. The van der Waals surface area contributed by atoms with Crippen molar-refractivity contribution in [3.05, 3.63) is 59.7 Å². The van der Waals surface area contributed by atoms with Crippen molar-refractivity contribution < 1.29 is 9.53 Å². The Morgan fingerprint density at radius 1 is 1.15 bits per heavy atom. The lowest BCUT2D eigenvalue weighted by molar-refractivity contribution is 0.0595. The number of carbonyl (C=O) groups is 1. The van der Waals surface area contributed by atoms with E-state index in [4.69, 9.17) is 10.00 Å². The molecule has 0 saturated carbocycles. The molecule has 26 heavy (non-hydrogen) atoms. The van der Waals surface area contributed by atoms with E-state index >= 15 is 0 Å². The lowest BCUT2D eigenvalue weighted by Crippen LogP contribution is -2.41. The van der Waals surface area contributed by atoms with Crippen LogP contribution in [0.1, 0.15) is 28.8 Å². The largest absolute Gasteiger partial charge is 0.490 e. The van der Waals surface area contributed by atoms with Crippen molar-refractivity contribution in [2.75, 3.05) is 32.1 Å². The quantitative estimate of drug-likeness (QED) is 0.850. The van der Waals surface area contributed by atoms with Crippen molar-refractivity contribution in [3.63, 3.8) is 0 Å². The van der Waals surface area contributed by atoms with E-state index in [0.29, 0.717) is 24.4 Å². The highest BCUT2D eigenvalue weighted by atomic mass is 16.5. The second-order valence-corrected chi connectivity index (χ2v) is 6.69. The summed E-state index contributed by atoms with van der Waals surface area (Å²) in [5.41, 5.74) is 2.33. The van der Waals surface area contributed by atoms with Gasteiger partial charge in [-0.1, -0.05) is 12.1 Å². The van der Waals surface area contributed by atoms with Gasteiger partial charge in [0, 0.05) is 51.3 Å². The van der Waals surface area contributed by atoms with Crippen LogP contribution in [0.15, 0.2) is 48.5 Å². The van der Waals surface area contributed by atoms with Gasteiger partial charge >= 0.3 is 0 Å². The Morgan fingerprint density at radius 3 is 2.58 bits per heavy atom. The van der Waals surface area contributed by atoms with E-state index in [1.807, 2.05) is 60.3 Å². The standard InChI is InChI=1S/C21H23N3O2/c1-23(2)18-7-4-6-17(14-18)21(25)24-11-9-19(10-12-24)26-20-8-3-5-16(13-20)15-22/h3-8,13-14,19H,9-12H2,1-2H3. The molecule has 0 spiro atoms. The van der Waals surface area contributed by atoms with E-state index < -0.39 is 0 Å². The van der Waals surface area contributed by atoms with Crippen LogP contribution < -0.4 is 9.64 Å². The summed E-state index contributed by atoms with van der Waals surface area (Å²) in [7, 11) is 3.93. The Morgan fingerprint density at radius 2 is 1.88 bits per heavy atom. The summed E-state index contributed by atoms with van der Waals surface area (Å²) in [6, 6.07) is 17.0. The van der Waals surface area contributed by atoms with Gasteiger partial charge in [-0.25, -0.2) is 0 Å². The molecular weight excluding hydrogens is 326 g/mol. The van der Waals surface area contributed by atoms with Crippen LogP contribution in [-0.2, 0) is 0 Å². The molecule has 1 amide bonds. The van der Waals surface area contributed by atoms with E-state index in [0.717, 1.165) is 24.1 Å². The third-order valence-electron chi connectivity index (χ3n) is 4.60. The first-order valence-electron chi connectivity index (χ1n) is 8.80. The number of amides is 1. The Hall–Kier alpha value is -3.00. The highest BCUT2D eigenvalue weighted by Crippen LogP contribution is 2.22. The van der Waals surface area contributed by atoms with Crippen LogP contribution in [-0.4, -0.2) is 44.1 Å². The van der Waals surface area contributed by atoms with Crippen molar-refractivity contribution in [2.45, 2.75) is 18.9 Å². The summed E-state index contributed by atoms with van der Waals surface area (Å²) >= 11 is 0. The Balaban J connectivity index is 1.58. The van der Waals surface area contributed by atoms with Crippen LogP contribution in [0.5, 0.6) is 5.75 Å². The minimum Gasteiger partial charge on any atom is -0.490 e. The third kappa shape index (κ3) is 4.15. The van der Waals surface area contributed by atoms with Gasteiger partial charge in [0.15, 0.2) is 0 Å². The molecule has 1 aliphatic heterocycles. The number of hydrogen-bond donors (Lipinski definition) is 0. The van der Waals surface area contributed by atoms with E-state index in [9.17, 15) is 4.79 Å². The van der Waals surface area contributed by atoms with Gasteiger partial charge < -0.3 is 14.5 Å². The smallest absolute Gasteiger partial charge is 0.253 e. The van der Waals surface area contributed by atoms with E-state index in [2.05, 4.69) is 6.07 Å². The molecule has 134 valence electrons. The number of carbonyl (C=O) groups excluding carboxylic acids is 1. The average Bonchev–Trinajstić information content (AvgIpc) is 2.68. The van der Waals surface area contributed by atoms with Crippen molar-refractivity contribution in [1.82, 2.24) is 4.90 Å². The van der Waals surface area contributed by atoms with Crippen LogP contribution in [0.25, 0.3) is 0 Å². The number of piperidine rings is 1. The lowest BCUT2D eigenvalue weighted by atomic mass is 10.1. The van der Waals surface area contributed by atoms with Crippen molar-refractivity contribution >= 4 is 11.6 Å². The SMILES string of the molecule is CN(C)c1cccc(C(=O)N2CCC(Oc3cccc(C#N)c3)CC2)c1. The third-order valence-corrected chi connectivity index (χ3v) is 4.60. The molecule has 5 nitrogen and oxygen atoms in total. The average molecular weight is 349 g/mol. The molecule has 0 N–H and O–H groups in total.